The molecule has 2 rings (SSSR count). The number of ether oxygens (including phenoxy) is 3. The van der Waals surface area contributed by atoms with Crippen molar-refractivity contribution < 1.29 is 19.0 Å². The Morgan fingerprint density at radius 2 is 2.24 bits per heavy atom. The van der Waals surface area contributed by atoms with Crippen molar-refractivity contribution in [2.45, 2.75) is 37.9 Å². The van der Waals surface area contributed by atoms with Crippen LogP contribution in [0.25, 0.3) is 0 Å². The Balaban J connectivity index is 1.69. The molecule has 0 N–H and O–H groups in total. The van der Waals surface area contributed by atoms with Crippen LogP contribution in [0.1, 0.15) is 25.7 Å². The number of epoxide rings is 1. The summed E-state index contributed by atoms with van der Waals surface area (Å²) in [5.41, 5.74) is 0. The van der Waals surface area contributed by atoms with Crippen LogP contribution in [0.3, 0.4) is 0 Å². The summed E-state index contributed by atoms with van der Waals surface area (Å²) >= 11 is 4.02. The van der Waals surface area contributed by atoms with Crippen LogP contribution < -0.4 is 0 Å². The average molecular weight is 260 g/mol. The summed E-state index contributed by atoms with van der Waals surface area (Å²) in [4.78, 5) is 11.7. The predicted molar refractivity (Wildman–Crippen MR) is 66.3 cm³/mol. The maximum atomic E-state index is 11.7. The average Bonchev–Trinajstić information content (AvgIpc) is 3.18. The highest BCUT2D eigenvalue weighted by Gasteiger charge is 2.30. The summed E-state index contributed by atoms with van der Waals surface area (Å²) < 4.78 is 16.0. The molecule has 3 unspecified atom stereocenters. The normalized spacial score (nSPS) is 32.2. The molecule has 98 valence electrons. The van der Waals surface area contributed by atoms with Gasteiger partial charge < -0.3 is 14.2 Å². The molecule has 2 aliphatic rings. The lowest BCUT2D eigenvalue weighted by Crippen LogP contribution is -2.30. The minimum atomic E-state index is -0.0879. The lowest BCUT2D eigenvalue weighted by Gasteiger charge is -2.27. The van der Waals surface area contributed by atoms with Crippen molar-refractivity contribution in [3.05, 3.63) is 0 Å². The summed E-state index contributed by atoms with van der Waals surface area (Å²) in [7, 11) is 0. The second-order valence-electron chi connectivity index (χ2n) is 4.67. The second kappa shape index (κ2) is 6.61. The van der Waals surface area contributed by atoms with Gasteiger partial charge in [0.1, 0.15) is 12.7 Å². The molecule has 1 heterocycles. The standard InChI is InChI=1S/C12H20O4S/c13-12(14-4-5-17)9-2-1-3-10(6-9)15-7-11-8-16-11/h9-11,17H,1-8H2. The molecule has 3 atom stereocenters. The molecule has 0 aromatic carbocycles. The summed E-state index contributed by atoms with van der Waals surface area (Å²) in [6.45, 7) is 1.89. The van der Waals surface area contributed by atoms with Crippen LogP contribution in [-0.4, -0.2) is 43.8 Å². The maximum absolute atomic E-state index is 11.7. The monoisotopic (exact) mass is 260 g/mol. The van der Waals surface area contributed by atoms with E-state index in [1.165, 1.54) is 0 Å². The highest BCUT2D eigenvalue weighted by molar-refractivity contribution is 7.80. The predicted octanol–water partition coefficient (Wildman–Crippen LogP) is 1.43. The quantitative estimate of drug-likeness (QED) is 0.446. The SMILES string of the molecule is O=C(OCCS)C1CCCC(OCC2CO2)C1. The number of carbonyl (C=O) groups excluding carboxylic acids is 1. The number of thiol groups is 1. The van der Waals surface area contributed by atoms with Gasteiger partial charge in [-0.05, 0) is 19.3 Å². The van der Waals surface area contributed by atoms with Gasteiger partial charge in [0, 0.05) is 5.75 Å². The van der Waals surface area contributed by atoms with Crippen LogP contribution in [0.2, 0.25) is 0 Å². The van der Waals surface area contributed by atoms with E-state index in [1.807, 2.05) is 0 Å². The van der Waals surface area contributed by atoms with E-state index in [1.54, 1.807) is 0 Å². The molecule has 0 bridgehead atoms. The van der Waals surface area contributed by atoms with Crippen molar-refractivity contribution in [1.29, 1.82) is 0 Å². The summed E-state index contributed by atoms with van der Waals surface area (Å²) in [6.07, 6.45) is 4.29. The number of carbonyl (C=O) groups is 1. The van der Waals surface area contributed by atoms with Gasteiger partial charge >= 0.3 is 5.97 Å². The minimum Gasteiger partial charge on any atom is -0.465 e. The molecule has 1 saturated heterocycles. The first-order chi connectivity index (χ1) is 8.29. The van der Waals surface area contributed by atoms with Crippen LogP contribution >= 0.6 is 12.6 Å². The van der Waals surface area contributed by atoms with Gasteiger partial charge in [-0.25, -0.2) is 0 Å². The van der Waals surface area contributed by atoms with Gasteiger partial charge in [-0.3, -0.25) is 4.79 Å². The molecular weight excluding hydrogens is 240 g/mol. The van der Waals surface area contributed by atoms with Crippen molar-refractivity contribution in [2.75, 3.05) is 25.6 Å². The van der Waals surface area contributed by atoms with Crippen LogP contribution in [0, 0.1) is 5.92 Å². The van der Waals surface area contributed by atoms with Gasteiger partial charge in [-0.1, -0.05) is 6.42 Å². The Bertz CT molecular complexity index is 255. The van der Waals surface area contributed by atoms with E-state index in [-0.39, 0.29) is 18.0 Å². The van der Waals surface area contributed by atoms with Crippen molar-refractivity contribution in [3.8, 4) is 0 Å². The topological polar surface area (TPSA) is 48.1 Å². The van der Waals surface area contributed by atoms with E-state index < -0.39 is 0 Å². The lowest BCUT2D eigenvalue weighted by molar-refractivity contribution is -0.151. The first kappa shape index (κ1) is 13.2. The fourth-order valence-electron chi connectivity index (χ4n) is 2.18. The maximum Gasteiger partial charge on any atom is 0.309 e. The first-order valence-electron chi connectivity index (χ1n) is 6.30. The summed E-state index contributed by atoms with van der Waals surface area (Å²) in [5.74, 6) is 0.501. The van der Waals surface area contributed by atoms with Crippen molar-refractivity contribution in [3.63, 3.8) is 0 Å². The number of hydrogen-bond acceptors (Lipinski definition) is 5. The van der Waals surface area contributed by atoms with Gasteiger partial charge in [0.2, 0.25) is 0 Å². The van der Waals surface area contributed by atoms with Crippen molar-refractivity contribution >= 4 is 18.6 Å². The Hall–Kier alpha value is -0.260. The molecule has 1 aliphatic heterocycles. The lowest BCUT2D eigenvalue weighted by atomic mass is 9.87. The molecule has 0 amide bonds. The second-order valence-corrected chi connectivity index (χ2v) is 5.11. The summed E-state index contributed by atoms with van der Waals surface area (Å²) in [5, 5.41) is 0. The Labute approximate surface area is 107 Å². The number of esters is 1. The molecule has 2 fully saturated rings. The molecule has 1 saturated carbocycles. The number of hydrogen-bond donors (Lipinski definition) is 1. The van der Waals surface area contributed by atoms with Gasteiger partial charge in [0.25, 0.3) is 0 Å². The van der Waals surface area contributed by atoms with Crippen LogP contribution in [0.15, 0.2) is 0 Å². The first-order valence-corrected chi connectivity index (χ1v) is 6.93. The highest BCUT2D eigenvalue weighted by atomic mass is 32.1. The van der Waals surface area contributed by atoms with Crippen LogP contribution in [-0.2, 0) is 19.0 Å². The van der Waals surface area contributed by atoms with E-state index in [0.717, 1.165) is 32.3 Å². The van der Waals surface area contributed by atoms with Crippen LogP contribution in [0.5, 0.6) is 0 Å². The fraction of sp³-hybridized carbons (Fsp3) is 0.917. The minimum absolute atomic E-state index is 0.00811. The Morgan fingerprint density at radius 3 is 2.94 bits per heavy atom. The molecule has 1 aliphatic carbocycles. The van der Waals surface area contributed by atoms with Gasteiger partial charge in [-0.15, -0.1) is 0 Å². The van der Waals surface area contributed by atoms with E-state index in [2.05, 4.69) is 12.6 Å². The number of rotatable bonds is 6. The highest BCUT2D eigenvalue weighted by Crippen LogP contribution is 2.28. The molecule has 17 heavy (non-hydrogen) atoms. The third kappa shape index (κ3) is 4.48. The molecule has 0 aromatic rings. The zero-order chi connectivity index (χ0) is 12.1. The van der Waals surface area contributed by atoms with E-state index in [0.29, 0.717) is 25.1 Å². The Morgan fingerprint density at radius 1 is 1.41 bits per heavy atom. The third-order valence-electron chi connectivity index (χ3n) is 3.22. The smallest absolute Gasteiger partial charge is 0.309 e. The van der Waals surface area contributed by atoms with E-state index in [9.17, 15) is 4.79 Å². The summed E-state index contributed by atoms with van der Waals surface area (Å²) in [6, 6.07) is 0. The Kier molecular flexibility index (Phi) is 5.13. The van der Waals surface area contributed by atoms with Crippen LogP contribution in [0.4, 0.5) is 0 Å². The van der Waals surface area contributed by atoms with Crippen molar-refractivity contribution in [1.82, 2.24) is 0 Å². The van der Waals surface area contributed by atoms with E-state index in [4.69, 9.17) is 14.2 Å². The van der Waals surface area contributed by atoms with E-state index >= 15 is 0 Å². The zero-order valence-corrected chi connectivity index (χ0v) is 10.9. The third-order valence-corrected chi connectivity index (χ3v) is 3.40. The molecule has 0 aromatic heterocycles. The molecule has 4 nitrogen and oxygen atoms in total. The largest absolute Gasteiger partial charge is 0.465 e. The fourth-order valence-corrected chi connectivity index (χ4v) is 2.27. The van der Waals surface area contributed by atoms with Crippen molar-refractivity contribution in [2.24, 2.45) is 5.92 Å². The molecular formula is C12H20O4S. The van der Waals surface area contributed by atoms with Gasteiger partial charge in [-0.2, -0.15) is 12.6 Å². The van der Waals surface area contributed by atoms with Gasteiger partial charge in [0.05, 0.1) is 25.2 Å². The van der Waals surface area contributed by atoms with Gasteiger partial charge in [0.15, 0.2) is 0 Å². The zero-order valence-electron chi connectivity index (χ0n) is 9.97. The molecule has 0 spiro atoms. The molecule has 0 radical (unpaired) electrons. The molecule has 5 heteroatoms.